The van der Waals surface area contributed by atoms with Crippen molar-refractivity contribution in [2.45, 2.75) is 12.8 Å². The lowest BCUT2D eigenvalue weighted by Crippen LogP contribution is -2.12. The number of aromatic nitrogens is 2. The van der Waals surface area contributed by atoms with E-state index in [2.05, 4.69) is 15.5 Å². The average Bonchev–Trinajstić information content (AvgIpc) is 3.09. The quantitative estimate of drug-likeness (QED) is 0.753. The molecule has 0 radical (unpaired) electrons. The highest BCUT2D eigenvalue weighted by atomic mass is 16.5. The van der Waals surface area contributed by atoms with Gasteiger partial charge < -0.3 is 9.15 Å². The van der Waals surface area contributed by atoms with Gasteiger partial charge in [0, 0.05) is 12.0 Å². The predicted molar refractivity (Wildman–Crippen MR) is 89.7 cm³/mol. The second kappa shape index (κ2) is 7.41. The molecule has 0 aliphatic rings. The zero-order chi connectivity index (χ0) is 16.8. The summed E-state index contributed by atoms with van der Waals surface area (Å²) in [6.45, 7) is 0. The largest absolute Gasteiger partial charge is 0.497 e. The van der Waals surface area contributed by atoms with Gasteiger partial charge in [-0.05, 0) is 30.2 Å². The van der Waals surface area contributed by atoms with Crippen LogP contribution in [0.2, 0.25) is 0 Å². The minimum Gasteiger partial charge on any atom is -0.497 e. The second-order valence-electron chi connectivity index (χ2n) is 5.18. The van der Waals surface area contributed by atoms with Crippen LogP contribution in [0.4, 0.5) is 6.01 Å². The molecule has 1 N–H and O–H groups in total. The third-order valence-corrected chi connectivity index (χ3v) is 3.47. The van der Waals surface area contributed by atoms with Crippen LogP contribution in [0.25, 0.3) is 11.5 Å². The van der Waals surface area contributed by atoms with Crippen molar-refractivity contribution in [3.05, 3.63) is 60.2 Å². The van der Waals surface area contributed by atoms with E-state index in [-0.39, 0.29) is 11.9 Å². The van der Waals surface area contributed by atoms with Crippen LogP contribution < -0.4 is 10.1 Å². The van der Waals surface area contributed by atoms with Crippen molar-refractivity contribution >= 4 is 11.9 Å². The van der Waals surface area contributed by atoms with Gasteiger partial charge in [0.15, 0.2) is 0 Å². The van der Waals surface area contributed by atoms with Crippen LogP contribution >= 0.6 is 0 Å². The molecule has 0 atom stereocenters. The summed E-state index contributed by atoms with van der Waals surface area (Å²) in [6, 6.07) is 17.2. The molecule has 0 spiro atoms. The minimum atomic E-state index is -0.167. The Bertz CT molecular complexity index is 815. The lowest BCUT2D eigenvalue weighted by molar-refractivity contribution is -0.116. The lowest BCUT2D eigenvalue weighted by atomic mass is 10.1. The first-order valence-corrected chi connectivity index (χ1v) is 7.56. The van der Waals surface area contributed by atoms with Crippen LogP contribution in [0.5, 0.6) is 5.75 Å². The normalized spacial score (nSPS) is 10.4. The molecule has 1 amide bonds. The number of hydrogen-bond donors (Lipinski definition) is 1. The third kappa shape index (κ3) is 3.98. The van der Waals surface area contributed by atoms with Crippen LogP contribution in [0.15, 0.2) is 59.0 Å². The minimum absolute atomic E-state index is 0.0888. The zero-order valence-corrected chi connectivity index (χ0v) is 13.2. The fourth-order valence-electron chi connectivity index (χ4n) is 2.23. The number of nitrogens with zero attached hydrogens (tertiary/aromatic N) is 2. The van der Waals surface area contributed by atoms with Crippen molar-refractivity contribution in [2.75, 3.05) is 12.4 Å². The molecule has 0 aliphatic heterocycles. The van der Waals surface area contributed by atoms with E-state index in [1.54, 1.807) is 13.2 Å². The Morgan fingerprint density at radius 2 is 1.96 bits per heavy atom. The summed E-state index contributed by atoms with van der Waals surface area (Å²) in [5.74, 6) is 0.853. The maximum Gasteiger partial charge on any atom is 0.322 e. The summed E-state index contributed by atoms with van der Waals surface area (Å²) in [4.78, 5) is 12.0. The van der Waals surface area contributed by atoms with Gasteiger partial charge in [-0.3, -0.25) is 10.1 Å². The smallest absolute Gasteiger partial charge is 0.322 e. The van der Waals surface area contributed by atoms with E-state index < -0.39 is 0 Å². The topological polar surface area (TPSA) is 77.3 Å². The molecule has 0 unspecified atom stereocenters. The Kier molecular flexibility index (Phi) is 4.86. The number of carbonyl (C=O) groups is 1. The molecule has 0 bridgehead atoms. The molecular weight excluding hydrogens is 306 g/mol. The lowest BCUT2D eigenvalue weighted by Gasteiger charge is -2.01. The van der Waals surface area contributed by atoms with Gasteiger partial charge in [0.2, 0.25) is 11.8 Å². The fraction of sp³-hybridized carbons (Fsp3) is 0.167. The van der Waals surface area contributed by atoms with Gasteiger partial charge in [-0.15, -0.1) is 5.10 Å². The van der Waals surface area contributed by atoms with Gasteiger partial charge in [0.1, 0.15) is 5.75 Å². The van der Waals surface area contributed by atoms with E-state index >= 15 is 0 Å². The van der Waals surface area contributed by atoms with Crippen molar-refractivity contribution in [1.82, 2.24) is 10.2 Å². The van der Waals surface area contributed by atoms with E-state index in [0.717, 1.165) is 11.1 Å². The number of amides is 1. The molecule has 24 heavy (non-hydrogen) atoms. The van der Waals surface area contributed by atoms with Crippen molar-refractivity contribution < 1.29 is 13.9 Å². The maximum absolute atomic E-state index is 12.0. The molecule has 0 saturated heterocycles. The molecule has 2 aromatic carbocycles. The highest BCUT2D eigenvalue weighted by molar-refractivity contribution is 5.88. The Balaban J connectivity index is 1.60. The molecule has 6 nitrogen and oxygen atoms in total. The molecule has 3 aromatic rings. The number of carbonyl (C=O) groups excluding carboxylic acids is 1. The first-order chi connectivity index (χ1) is 11.7. The van der Waals surface area contributed by atoms with Gasteiger partial charge in [-0.1, -0.05) is 41.5 Å². The summed E-state index contributed by atoms with van der Waals surface area (Å²) in [6.07, 6.45) is 1.00. The van der Waals surface area contributed by atoms with E-state index in [1.165, 1.54) is 0 Å². The van der Waals surface area contributed by atoms with Crippen LogP contribution in [0.1, 0.15) is 12.0 Å². The summed E-state index contributed by atoms with van der Waals surface area (Å²) < 4.78 is 10.6. The third-order valence-electron chi connectivity index (χ3n) is 3.47. The Morgan fingerprint density at radius 3 is 2.75 bits per heavy atom. The number of hydrogen-bond acceptors (Lipinski definition) is 5. The van der Waals surface area contributed by atoms with E-state index in [1.807, 2.05) is 48.5 Å². The van der Waals surface area contributed by atoms with Crippen LogP contribution in [-0.2, 0) is 11.2 Å². The molecule has 0 aliphatic carbocycles. The first kappa shape index (κ1) is 15.7. The molecule has 1 aromatic heterocycles. The Hall–Kier alpha value is -3.15. The Morgan fingerprint density at radius 1 is 1.12 bits per heavy atom. The first-order valence-electron chi connectivity index (χ1n) is 7.56. The Labute approximate surface area is 139 Å². The van der Waals surface area contributed by atoms with Crippen LogP contribution in [0.3, 0.4) is 0 Å². The van der Waals surface area contributed by atoms with Crippen molar-refractivity contribution in [1.29, 1.82) is 0 Å². The van der Waals surface area contributed by atoms with Crippen molar-refractivity contribution in [3.8, 4) is 17.2 Å². The standard InChI is InChI=1S/C18H17N3O3/c1-23-15-9-5-8-14(12-15)17-20-21-18(24-17)19-16(22)11-10-13-6-3-2-4-7-13/h2-9,12H,10-11H2,1H3,(H,19,21,22). The molecule has 3 rings (SSSR count). The van der Waals surface area contributed by atoms with Gasteiger partial charge in [0.25, 0.3) is 0 Å². The number of nitrogens with one attached hydrogen (secondary N) is 1. The van der Waals surface area contributed by atoms with E-state index in [0.29, 0.717) is 24.5 Å². The monoisotopic (exact) mass is 323 g/mol. The predicted octanol–water partition coefficient (Wildman–Crippen LogP) is 3.32. The van der Waals surface area contributed by atoms with Crippen LogP contribution in [0, 0.1) is 0 Å². The number of benzene rings is 2. The second-order valence-corrected chi connectivity index (χ2v) is 5.18. The van der Waals surface area contributed by atoms with Crippen molar-refractivity contribution in [3.63, 3.8) is 0 Å². The van der Waals surface area contributed by atoms with Gasteiger partial charge in [0.05, 0.1) is 7.11 Å². The maximum atomic E-state index is 12.0. The summed E-state index contributed by atoms with van der Waals surface area (Å²) in [5, 5.41) is 10.4. The number of methoxy groups -OCH3 is 1. The van der Waals surface area contributed by atoms with Crippen LogP contribution in [-0.4, -0.2) is 23.2 Å². The molecule has 6 heteroatoms. The summed E-state index contributed by atoms with van der Waals surface area (Å²) in [7, 11) is 1.59. The summed E-state index contributed by atoms with van der Waals surface area (Å²) >= 11 is 0. The zero-order valence-electron chi connectivity index (χ0n) is 13.2. The van der Waals surface area contributed by atoms with Gasteiger partial charge in [-0.25, -0.2) is 0 Å². The van der Waals surface area contributed by atoms with Gasteiger partial charge >= 0.3 is 6.01 Å². The number of aryl methyl sites for hydroxylation is 1. The number of rotatable bonds is 6. The molecule has 0 saturated carbocycles. The number of ether oxygens (including phenoxy) is 1. The average molecular weight is 323 g/mol. The number of anilines is 1. The van der Waals surface area contributed by atoms with Crippen molar-refractivity contribution in [2.24, 2.45) is 0 Å². The molecular formula is C18H17N3O3. The molecule has 1 heterocycles. The van der Waals surface area contributed by atoms with E-state index in [4.69, 9.17) is 9.15 Å². The van der Waals surface area contributed by atoms with E-state index in [9.17, 15) is 4.79 Å². The molecule has 0 fully saturated rings. The summed E-state index contributed by atoms with van der Waals surface area (Å²) in [5.41, 5.74) is 1.84. The highest BCUT2D eigenvalue weighted by Crippen LogP contribution is 2.23. The van der Waals surface area contributed by atoms with Gasteiger partial charge in [-0.2, -0.15) is 0 Å². The fourth-order valence-corrected chi connectivity index (χ4v) is 2.23. The highest BCUT2D eigenvalue weighted by Gasteiger charge is 2.12. The molecule has 122 valence electrons. The SMILES string of the molecule is COc1cccc(-c2nnc(NC(=O)CCc3ccccc3)o2)c1.